The lowest BCUT2D eigenvalue weighted by Gasteiger charge is -2.37. The average Bonchev–Trinajstić information content (AvgIpc) is 3.41. The maximum Gasteiger partial charge on any atom is 0.255 e. The van der Waals surface area contributed by atoms with Gasteiger partial charge >= 0.3 is 0 Å². The first-order chi connectivity index (χ1) is 14.8. The van der Waals surface area contributed by atoms with Crippen LogP contribution in [-0.2, 0) is 9.84 Å². The van der Waals surface area contributed by atoms with Crippen molar-refractivity contribution >= 4 is 33.0 Å². The first kappa shape index (κ1) is 23.1. The lowest BCUT2D eigenvalue weighted by Crippen LogP contribution is -2.43. The van der Waals surface area contributed by atoms with Crippen molar-refractivity contribution in [2.75, 3.05) is 5.32 Å². The monoisotopic (exact) mass is 483 g/mol. The molecule has 0 spiro atoms. The van der Waals surface area contributed by atoms with Gasteiger partial charge in [0.05, 0.1) is 20.3 Å². The third-order valence-corrected chi connectivity index (χ3v) is 10.1. The van der Waals surface area contributed by atoms with Crippen molar-refractivity contribution in [2.24, 2.45) is 11.8 Å². The second kappa shape index (κ2) is 7.78. The molecule has 0 saturated heterocycles. The topological polar surface area (TPSA) is 83.5 Å². The van der Waals surface area contributed by atoms with Crippen LogP contribution in [0, 0.1) is 23.5 Å². The zero-order valence-corrected chi connectivity index (χ0v) is 19.2. The summed E-state index contributed by atoms with van der Waals surface area (Å²) in [6, 6.07) is 6.85. The van der Waals surface area contributed by atoms with Gasteiger partial charge in [-0.1, -0.05) is 11.6 Å². The number of benzene rings is 2. The summed E-state index contributed by atoms with van der Waals surface area (Å²) in [5.74, 6) is -2.87. The molecular formula is C23H24ClF2NO4S. The molecular weight excluding hydrogens is 460 g/mol. The van der Waals surface area contributed by atoms with Gasteiger partial charge in [0.25, 0.3) is 5.91 Å². The minimum absolute atomic E-state index is 0.00110. The van der Waals surface area contributed by atoms with E-state index >= 15 is 0 Å². The van der Waals surface area contributed by atoms with Crippen molar-refractivity contribution in [3.05, 3.63) is 58.6 Å². The van der Waals surface area contributed by atoms with Crippen LogP contribution in [0.15, 0.2) is 41.3 Å². The van der Waals surface area contributed by atoms with E-state index in [0.717, 1.165) is 12.1 Å². The van der Waals surface area contributed by atoms with Gasteiger partial charge in [0, 0.05) is 17.3 Å². The fourth-order valence-corrected chi connectivity index (χ4v) is 6.87. The van der Waals surface area contributed by atoms with Crippen LogP contribution in [0.2, 0.25) is 5.02 Å². The van der Waals surface area contributed by atoms with E-state index in [1.165, 1.54) is 24.3 Å². The van der Waals surface area contributed by atoms with Crippen molar-refractivity contribution in [2.45, 2.75) is 54.8 Å². The minimum atomic E-state index is -3.94. The summed E-state index contributed by atoms with van der Waals surface area (Å²) in [5.41, 5.74) is -0.576. The quantitative estimate of drug-likeness (QED) is 0.628. The molecule has 0 bridgehead atoms. The summed E-state index contributed by atoms with van der Waals surface area (Å²) in [7, 11) is -3.94. The van der Waals surface area contributed by atoms with Gasteiger partial charge in [0.1, 0.15) is 0 Å². The number of carbonyl (C=O) groups excluding carboxylic acids is 1. The Labute approximate surface area is 190 Å². The summed E-state index contributed by atoms with van der Waals surface area (Å²) in [5, 5.41) is 12.7. The predicted molar refractivity (Wildman–Crippen MR) is 117 cm³/mol. The first-order valence-corrected chi connectivity index (χ1v) is 12.2. The van der Waals surface area contributed by atoms with Gasteiger partial charge in [0.15, 0.2) is 21.5 Å². The van der Waals surface area contributed by atoms with Gasteiger partial charge in [0.2, 0.25) is 0 Å². The Morgan fingerprint density at radius 1 is 1.19 bits per heavy atom. The number of sulfone groups is 1. The lowest BCUT2D eigenvalue weighted by molar-refractivity contribution is 0.0780. The first-order valence-electron chi connectivity index (χ1n) is 10.4. The Hall–Kier alpha value is -2.03. The summed E-state index contributed by atoms with van der Waals surface area (Å²) >= 11 is 6.25. The SMILES string of the molecule is CC(C)([C@@H]1CC[C@]2(O)CC2C1)S(=O)(=O)c1cc(C(=O)Nc2ccc(F)c(F)c2)ccc1Cl. The van der Waals surface area contributed by atoms with E-state index in [2.05, 4.69) is 5.32 Å². The van der Waals surface area contributed by atoms with Crippen LogP contribution in [0.5, 0.6) is 0 Å². The molecule has 2 N–H and O–H groups in total. The van der Waals surface area contributed by atoms with Gasteiger partial charge < -0.3 is 10.4 Å². The molecule has 32 heavy (non-hydrogen) atoms. The van der Waals surface area contributed by atoms with E-state index in [1.807, 2.05) is 0 Å². The van der Waals surface area contributed by atoms with Crippen molar-refractivity contribution in [3.63, 3.8) is 0 Å². The highest BCUT2D eigenvalue weighted by Gasteiger charge is 2.59. The van der Waals surface area contributed by atoms with Crippen LogP contribution in [0.4, 0.5) is 14.5 Å². The van der Waals surface area contributed by atoms with Crippen LogP contribution in [0.25, 0.3) is 0 Å². The zero-order valence-electron chi connectivity index (χ0n) is 17.7. The highest BCUT2D eigenvalue weighted by Crippen LogP contribution is 2.58. The molecule has 2 aromatic rings. The number of amides is 1. The molecule has 172 valence electrons. The van der Waals surface area contributed by atoms with E-state index in [9.17, 15) is 27.1 Å². The molecule has 4 rings (SSSR count). The Morgan fingerprint density at radius 2 is 1.91 bits per heavy atom. The average molecular weight is 484 g/mol. The van der Waals surface area contributed by atoms with E-state index < -0.39 is 37.7 Å². The molecule has 1 unspecified atom stereocenters. The maximum atomic E-state index is 13.6. The highest BCUT2D eigenvalue weighted by atomic mass is 35.5. The summed E-state index contributed by atoms with van der Waals surface area (Å²) in [6.07, 6.45) is 2.50. The predicted octanol–water partition coefficient (Wildman–Crippen LogP) is 4.97. The van der Waals surface area contributed by atoms with Gasteiger partial charge in [-0.15, -0.1) is 0 Å². The van der Waals surface area contributed by atoms with Crippen LogP contribution in [-0.4, -0.2) is 29.8 Å². The molecule has 1 amide bonds. The smallest absolute Gasteiger partial charge is 0.255 e. The number of aliphatic hydroxyl groups is 1. The molecule has 2 aliphatic rings. The number of nitrogens with one attached hydrogen (secondary N) is 1. The molecule has 2 fully saturated rings. The standard InChI is InChI=1S/C23H24ClF2NO4S/c1-22(2,14-7-8-23(29)12-15(23)10-14)32(30,31)20-9-13(3-5-17(20)24)21(28)27-16-4-6-18(25)19(26)11-16/h3-6,9,11,14-15,29H,7-8,10,12H2,1-2H3,(H,27,28)/t14-,15?,23+/m1/s1. The van der Waals surface area contributed by atoms with E-state index in [1.54, 1.807) is 13.8 Å². The number of hydrogen-bond acceptors (Lipinski definition) is 4. The van der Waals surface area contributed by atoms with Gasteiger partial charge in [-0.05, 0) is 81.7 Å². The Balaban J connectivity index is 1.61. The van der Waals surface area contributed by atoms with E-state index in [-0.39, 0.29) is 33.0 Å². The summed E-state index contributed by atoms with van der Waals surface area (Å²) in [4.78, 5) is 12.5. The lowest BCUT2D eigenvalue weighted by atomic mass is 9.80. The van der Waals surface area contributed by atoms with Gasteiger partial charge in [-0.25, -0.2) is 17.2 Å². The Morgan fingerprint density at radius 3 is 2.56 bits per heavy atom. The normalized spacial score (nSPS) is 25.2. The minimum Gasteiger partial charge on any atom is -0.390 e. The van der Waals surface area contributed by atoms with E-state index in [4.69, 9.17) is 11.6 Å². The van der Waals surface area contributed by atoms with Crippen LogP contribution in [0.3, 0.4) is 0 Å². The summed E-state index contributed by atoms with van der Waals surface area (Å²) < 4.78 is 52.6. The maximum absolute atomic E-state index is 13.6. The fraction of sp³-hybridized carbons (Fsp3) is 0.435. The number of anilines is 1. The fourth-order valence-electron chi connectivity index (χ4n) is 4.62. The molecule has 2 saturated carbocycles. The number of carbonyl (C=O) groups is 1. The second-order valence-corrected chi connectivity index (χ2v) is 12.2. The second-order valence-electron chi connectivity index (χ2n) is 9.31. The Kier molecular flexibility index (Phi) is 5.63. The number of rotatable bonds is 5. The van der Waals surface area contributed by atoms with Gasteiger partial charge in [-0.3, -0.25) is 4.79 Å². The molecule has 5 nitrogen and oxygen atoms in total. The van der Waals surface area contributed by atoms with E-state index in [0.29, 0.717) is 25.7 Å². The summed E-state index contributed by atoms with van der Waals surface area (Å²) in [6.45, 7) is 3.31. The molecule has 3 atom stereocenters. The van der Waals surface area contributed by atoms with Crippen molar-refractivity contribution < 1.29 is 27.1 Å². The highest BCUT2D eigenvalue weighted by molar-refractivity contribution is 7.93. The van der Waals surface area contributed by atoms with Crippen molar-refractivity contribution in [3.8, 4) is 0 Å². The largest absolute Gasteiger partial charge is 0.390 e. The van der Waals surface area contributed by atoms with Gasteiger partial charge in [-0.2, -0.15) is 0 Å². The molecule has 2 aromatic carbocycles. The van der Waals surface area contributed by atoms with Crippen molar-refractivity contribution in [1.29, 1.82) is 0 Å². The molecule has 9 heteroatoms. The van der Waals surface area contributed by atoms with Crippen LogP contribution < -0.4 is 5.32 Å². The molecule has 0 heterocycles. The Bertz CT molecular complexity index is 1200. The zero-order chi connectivity index (χ0) is 23.5. The molecule has 2 aliphatic carbocycles. The third-order valence-electron chi connectivity index (χ3n) is 7.03. The number of halogens is 3. The number of hydrogen-bond donors (Lipinski definition) is 2. The third kappa shape index (κ3) is 3.93. The molecule has 0 radical (unpaired) electrons. The molecule has 0 aromatic heterocycles. The number of fused-ring (bicyclic) bond motifs is 1. The van der Waals surface area contributed by atoms with Crippen LogP contribution in [0.1, 0.15) is 49.9 Å². The van der Waals surface area contributed by atoms with Crippen LogP contribution >= 0.6 is 11.6 Å². The van der Waals surface area contributed by atoms with Crippen molar-refractivity contribution in [1.82, 2.24) is 0 Å². The molecule has 0 aliphatic heterocycles.